The molecule has 3 N–H and O–H groups in total. The number of pyridine rings is 1. The van der Waals surface area contributed by atoms with Crippen LogP contribution in [-0.4, -0.2) is 35.5 Å². The topological polar surface area (TPSA) is 83.5 Å². The Balaban J connectivity index is 1.93. The molecular formula is C17H18F3N3O3. The zero-order valence-electron chi connectivity index (χ0n) is 13.7. The molecule has 0 radical (unpaired) electrons. The number of benzene rings is 1. The Labute approximate surface area is 148 Å². The highest BCUT2D eigenvalue weighted by Gasteiger charge is 2.29. The standard InChI is InChI=1S/C17H18F3N3O3/c18-17(19,20)11-26-15-13(7-4-8-21-15)9-22-16(25)23-14(10-24)12-5-2-1-3-6-12/h1-8,14,24H,9-11H2,(H2,22,23,25). The molecular weight excluding hydrogens is 351 g/mol. The van der Waals surface area contributed by atoms with Crippen LogP contribution in [0.5, 0.6) is 5.88 Å². The van der Waals surface area contributed by atoms with Crippen molar-refractivity contribution in [2.24, 2.45) is 0 Å². The lowest BCUT2D eigenvalue weighted by atomic mass is 10.1. The lowest BCUT2D eigenvalue weighted by Gasteiger charge is -2.17. The minimum Gasteiger partial charge on any atom is -0.468 e. The van der Waals surface area contributed by atoms with Gasteiger partial charge in [-0.3, -0.25) is 0 Å². The number of alkyl halides is 3. The van der Waals surface area contributed by atoms with Crippen LogP contribution in [0.2, 0.25) is 0 Å². The summed E-state index contributed by atoms with van der Waals surface area (Å²) in [4.78, 5) is 15.8. The van der Waals surface area contributed by atoms with Crippen molar-refractivity contribution in [3.63, 3.8) is 0 Å². The number of urea groups is 1. The van der Waals surface area contributed by atoms with Gasteiger partial charge in [-0.2, -0.15) is 13.2 Å². The molecule has 6 nitrogen and oxygen atoms in total. The predicted molar refractivity (Wildman–Crippen MR) is 87.4 cm³/mol. The predicted octanol–water partition coefficient (Wildman–Crippen LogP) is 2.56. The zero-order chi connectivity index (χ0) is 19.0. The number of aliphatic hydroxyl groups is 1. The van der Waals surface area contributed by atoms with Crippen molar-refractivity contribution in [3.8, 4) is 5.88 Å². The van der Waals surface area contributed by atoms with Crippen molar-refractivity contribution >= 4 is 6.03 Å². The van der Waals surface area contributed by atoms with Crippen molar-refractivity contribution in [1.29, 1.82) is 0 Å². The molecule has 26 heavy (non-hydrogen) atoms. The van der Waals surface area contributed by atoms with Crippen LogP contribution in [0.4, 0.5) is 18.0 Å². The van der Waals surface area contributed by atoms with Crippen molar-refractivity contribution < 1.29 is 27.8 Å². The van der Waals surface area contributed by atoms with E-state index in [-0.39, 0.29) is 19.0 Å². The number of aromatic nitrogens is 1. The number of amides is 2. The molecule has 1 unspecified atom stereocenters. The largest absolute Gasteiger partial charge is 0.468 e. The van der Waals surface area contributed by atoms with Gasteiger partial charge in [0.25, 0.3) is 0 Å². The van der Waals surface area contributed by atoms with E-state index in [1.54, 1.807) is 24.3 Å². The maximum absolute atomic E-state index is 12.3. The molecule has 1 aromatic heterocycles. The number of ether oxygens (including phenoxy) is 1. The third-order valence-corrected chi connectivity index (χ3v) is 3.35. The number of rotatable bonds is 7. The molecule has 0 aliphatic rings. The van der Waals surface area contributed by atoms with Crippen LogP contribution in [0.3, 0.4) is 0 Å². The minimum atomic E-state index is -4.48. The van der Waals surface area contributed by atoms with E-state index in [1.807, 2.05) is 6.07 Å². The summed E-state index contributed by atoms with van der Waals surface area (Å²) in [7, 11) is 0. The number of hydrogen-bond acceptors (Lipinski definition) is 4. The molecule has 0 spiro atoms. The third kappa shape index (κ3) is 6.25. The minimum absolute atomic E-state index is 0.0835. The van der Waals surface area contributed by atoms with E-state index in [0.717, 1.165) is 5.56 Å². The maximum Gasteiger partial charge on any atom is 0.422 e. The maximum atomic E-state index is 12.3. The van der Waals surface area contributed by atoms with Crippen LogP contribution in [0.1, 0.15) is 17.2 Å². The summed E-state index contributed by atoms with van der Waals surface area (Å²) in [6.45, 7) is -1.85. The molecule has 0 aliphatic heterocycles. The van der Waals surface area contributed by atoms with Crippen molar-refractivity contribution in [2.45, 2.75) is 18.8 Å². The molecule has 2 aromatic rings. The fourth-order valence-corrected chi connectivity index (χ4v) is 2.14. The van der Waals surface area contributed by atoms with Gasteiger partial charge in [-0.25, -0.2) is 9.78 Å². The first kappa shape index (κ1) is 19.5. The Bertz CT molecular complexity index is 711. The van der Waals surface area contributed by atoms with Gasteiger partial charge in [0.05, 0.1) is 12.6 Å². The summed E-state index contributed by atoms with van der Waals surface area (Å²) in [6, 6.07) is 10.7. The van der Waals surface area contributed by atoms with E-state index in [0.29, 0.717) is 5.56 Å². The number of aliphatic hydroxyl groups excluding tert-OH is 1. The van der Waals surface area contributed by atoms with E-state index >= 15 is 0 Å². The monoisotopic (exact) mass is 369 g/mol. The quantitative estimate of drug-likeness (QED) is 0.700. The average Bonchev–Trinajstić information content (AvgIpc) is 2.63. The SMILES string of the molecule is O=C(NCc1cccnc1OCC(F)(F)F)NC(CO)c1ccccc1. The van der Waals surface area contributed by atoms with E-state index in [1.165, 1.54) is 18.3 Å². The molecule has 2 rings (SSSR count). The molecule has 0 fully saturated rings. The Kier molecular flexibility index (Phi) is 6.79. The molecule has 2 amide bonds. The van der Waals surface area contributed by atoms with E-state index in [4.69, 9.17) is 0 Å². The Morgan fingerprint density at radius 1 is 1.19 bits per heavy atom. The van der Waals surface area contributed by atoms with Gasteiger partial charge in [-0.15, -0.1) is 0 Å². The summed E-state index contributed by atoms with van der Waals surface area (Å²) in [5, 5.41) is 14.5. The Morgan fingerprint density at radius 2 is 1.92 bits per heavy atom. The van der Waals surface area contributed by atoms with Gasteiger partial charge in [0.2, 0.25) is 5.88 Å². The van der Waals surface area contributed by atoms with Crippen molar-refractivity contribution in [2.75, 3.05) is 13.2 Å². The Hall–Kier alpha value is -2.81. The number of hydrogen-bond donors (Lipinski definition) is 3. The van der Waals surface area contributed by atoms with Gasteiger partial charge in [0.1, 0.15) is 0 Å². The van der Waals surface area contributed by atoms with Crippen molar-refractivity contribution in [3.05, 3.63) is 59.8 Å². The van der Waals surface area contributed by atoms with Crippen LogP contribution < -0.4 is 15.4 Å². The molecule has 1 heterocycles. The lowest BCUT2D eigenvalue weighted by molar-refractivity contribution is -0.154. The number of carbonyl (C=O) groups excluding carboxylic acids is 1. The smallest absolute Gasteiger partial charge is 0.422 e. The van der Waals surface area contributed by atoms with E-state index in [2.05, 4.69) is 20.4 Å². The fourth-order valence-electron chi connectivity index (χ4n) is 2.14. The molecule has 9 heteroatoms. The van der Waals surface area contributed by atoms with Gasteiger partial charge in [0.15, 0.2) is 6.61 Å². The third-order valence-electron chi connectivity index (χ3n) is 3.35. The van der Waals surface area contributed by atoms with Crippen LogP contribution in [0.15, 0.2) is 48.7 Å². The lowest BCUT2D eigenvalue weighted by Crippen LogP contribution is -2.39. The van der Waals surface area contributed by atoms with Crippen LogP contribution >= 0.6 is 0 Å². The number of halogens is 3. The van der Waals surface area contributed by atoms with Crippen LogP contribution in [0, 0.1) is 0 Å². The highest BCUT2D eigenvalue weighted by Crippen LogP contribution is 2.20. The van der Waals surface area contributed by atoms with Gasteiger partial charge in [0, 0.05) is 18.3 Å². The van der Waals surface area contributed by atoms with E-state index < -0.39 is 24.9 Å². The zero-order valence-corrected chi connectivity index (χ0v) is 13.7. The van der Waals surface area contributed by atoms with Gasteiger partial charge >= 0.3 is 12.2 Å². The first-order valence-electron chi connectivity index (χ1n) is 7.72. The molecule has 140 valence electrons. The molecule has 0 bridgehead atoms. The molecule has 0 saturated carbocycles. The molecule has 1 atom stereocenters. The second-order valence-corrected chi connectivity index (χ2v) is 5.34. The first-order chi connectivity index (χ1) is 12.4. The Morgan fingerprint density at radius 3 is 2.58 bits per heavy atom. The average molecular weight is 369 g/mol. The van der Waals surface area contributed by atoms with Gasteiger partial charge < -0.3 is 20.5 Å². The summed E-state index contributed by atoms with van der Waals surface area (Å²) >= 11 is 0. The van der Waals surface area contributed by atoms with Crippen LogP contribution in [0.25, 0.3) is 0 Å². The number of nitrogens with zero attached hydrogens (tertiary/aromatic N) is 1. The highest BCUT2D eigenvalue weighted by atomic mass is 19.4. The van der Waals surface area contributed by atoms with Gasteiger partial charge in [-0.05, 0) is 11.6 Å². The normalized spacial score (nSPS) is 12.3. The number of nitrogens with one attached hydrogen (secondary N) is 2. The highest BCUT2D eigenvalue weighted by molar-refractivity contribution is 5.74. The van der Waals surface area contributed by atoms with Gasteiger partial charge in [-0.1, -0.05) is 36.4 Å². The van der Waals surface area contributed by atoms with Crippen LogP contribution in [-0.2, 0) is 6.54 Å². The van der Waals surface area contributed by atoms with Crippen molar-refractivity contribution in [1.82, 2.24) is 15.6 Å². The summed E-state index contributed by atoms with van der Waals surface area (Å²) < 4.78 is 41.5. The summed E-state index contributed by atoms with van der Waals surface area (Å²) in [5.74, 6) is -0.202. The fraction of sp³-hybridized carbons (Fsp3) is 0.294. The summed E-state index contributed by atoms with van der Waals surface area (Å²) in [5.41, 5.74) is 1.02. The van der Waals surface area contributed by atoms with E-state index in [9.17, 15) is 23.1 Å². The second kappa shape index (κ2) is 9.04. The first-order valence-corrected chi connectivity index (χ1v) is 7.72. The molecule has 0 saturated heterocycles. The number of carbonyl (C=O) groups is 1. The summed E-state index contributed by atoms with van der Waals surface area (Å²) in [6.07, 6.45) is -3.18. The molecule has 1 aromatic carbocycles. The second-order valence-electron chi connectivity index (χ2n) is 5.34. The molecule has 0 aliphatic carbocycles.